The van der Waals surface area contributed by atoms with Crippen molar-refractivity contribution in [3.8, 4) is 5.75 Å². The first-order valence-electron chi connectivity index (χ1n) is 4.42. The van der Waals surface area contributed by atoms with E-state index < -0.39 is 0 Å². The van der Waals surface area contributed by atoms with Crippen molar-refractivity contribution in [1.82, 2.24) is 0 Å². The monoisotopic (exact) mass is 210 g/mol. The summed E-state index contributed by atoms with van der Waals surface area (Å²) in [7, 11) is 0. The minimum atomic E-state index is 0.465. The highest BCUT2D eigenvalue weighted by atomic mass is 35.5. The van der Waals surface area contributed by atoms with E-state index in [4.69, 9.17) is 22.1 Å². The fourth-order valence-corrected chi connectivity index (χ4v) is 1.51. The van der Waals surface area contributed by atoms with Gasteiger partial charge in [0, 0.05) is 6.21 Å². The van der Waals surface area contributed by atoms with E-state index in [-0.39, 0.29) is 0 Å². The van der Waals surface area contributed by atoms with Crippen molar-refractivity contribution in [2.24, 2.45) is 4.99 Å². The van der Waals surface area contributed by atoms with Gasteiger partial charge >= 0.3 is 0 Å². The number of rotatable bonds is 3. The van der Waals surface area contributed by atoms with Gasteiger partial charge in [0.15, 0.2) is 0 Å². The lowest BCUT2D eigenvalue weighted by Gasteiger charge is -2.09. The van der Waals surface area contributed by atoms with E-state index in [0.29, 0.717) is 30.5 Å². The number of nitrogens with zero attached hydrogens (tertiary/aromatic N) is 1. The lowest BCUT2D eigenvalue weighted by molar-refractivity contribution is 0.344. The van der Waals surface area contributed by atoms with Crippen LogP contribution in [0.25, 0.3) is 0 Å². The van der Waals surface area contributed by atoms with Gasteiger partial charge in [0.2, 0.25) is 0 Å². The molecule has 0 amide bonds. The van der Waals surface area contributed by atoms with E-state index in [9.17, 15) is 0 Å². The van der Waals surface area contributed by atoms with E-state index in [1.807, 2.05) is 18.3 Å². The molecule has 0 unspecified atom stereocenters. The number of nitrogen functional groups attached to an aromatic ring is 1. The molecular weight excluding hydrogens is 200 g/mol. The summed E-state index contributed by atoms with van der Waals surface area (Å²) in [6.45, 7) is 1.19. The van der Waals surface area contributed by atoms with Crippen LogP contribution in [0.15, 0.2) is 17.1 Å². The Kier molecular flexibility index (Phi) is 2.59. The molecule has 1 aromatic rings. The molecule has 0 aliphatic carbocycles. The summed E-state index contributed by atoms with van der Waals surface area (Å²) in [6.07, 6.45) is 1.83. The summed E-state index contributed by atoms with van der Waals surface area (Å²) in [6, 6.07) is 3.82. The van der Waals surface area contributed by atoms with E-state index in [0.717, 1.165) is 11.1 Å². The number of ether oxygens (including phenoxy) is 1. The van der Waals surface area contributed by atoms with Gasteiger partial charge in [-0.15, -0.1) is 11.6 Å². The molecule has 1 aromatic carbocycles. The Morgan fingerprint density at radius 3 is 3.14 bits per heavy atom. The van der Waals surface area contributed by atoms with Gasteiger partial charge in [-0.05, 0) is 23.3 Å². The average molecular weight is 211 g/mol. The molecule has 0 saturated carbocycles. The third-order valence-electron chi connectivity index (χ3n) is 2.10. The first-order chi connectivity index (χ1) is 6.81. The molecule has 0 spiro atoms. The summed E-state index contributed by atoms with van der Waals surface area (Å²) in [5, 5.41) is 0. The first-order valence-corrected chi connectivity index (χ1v) is 4.95. The predicted octanol–water partition coefficient (Wildman–Crippen LogP) is 1.82. The lowest BCUT2D eigenvalue weighted by atomic mass is 10.1. The van der Waals surface area contributed by atoms with Gasteiger partial charge in [-0.1, -0.05) is 0 Å². The minimum absolute atomic E-state index is 0.465. The number of nitrogens with two attached hydrogens (primary N) is 1. The molecule has 14 heavy (non-hydrogen) atoms. The smallest absolute Gasteiger partial charge is 0.142 e. The third kappa shape index (κ3) is 1.68. The zero-order valence-electron chi connectivity index (χ0n) is 7.66. The van der Waals surface area contributed by atoms with E-state index >= 15 is 0 Å². The Labute approximate surface area is 87.5 Å². The third-order valence-corrected chi connectivity index (χ3v) is 2.25. The molecule has 2 N–H and O–H groups in total. The molecule has 0 aromatic heterocycles. The van der Waals surface area contributed by atoms with Crippen LogP contribution >= 0.6 is 11.6 Å². The molecule has 0 bridgehead atoms. The second-order valence-electron chi connectivity index (χ2n) is 3.10. The van der Waals surface area contributed by atoms with Gasteiger partial charge in [-0.3, -0.25) is 4.99 Å². The molecule has 0 radical (unpaired) electrons. The van der Waals surface area contributed by atoms with Crippen LogP contribution in [0.3, 0.4) is 0 Å². The summed E-state index contributed by atoms with van der Waals surface area (Å²) >= 11 is 5.53. The Balaban J connectivity index is 2.26. The highest BCUT2D eigenvalue weighted by Crippen LogP contribution is 2.28. The molecule has 74 valence electrons. The molecule has 1 aliphatic rings. The molecule has 0 fully saturated rings. The van der Waals surface area contributed by atoms with Crippen LogP contribution in [0.4, 0.5) is 5.69 Å². The van der Waals surface area contributed by atoms with Crippen molar-refractivity contribution in [2.45, 2.75) is 6.54 Å². The van der Waals surface area contributed by atoms with Crippen molar-refractivity contribution in [1.29, 1.82) is 0 Å². The topological polar surface area (TPSA) is 47.6 Å². The van der Waals surface area contributed by atoms with E-state index in [2.05, 4.69) is 4.99 Å². The molecule has 0 atom stereocenters. The van der Waals surface area contributed by atoms with Crippen molar-refractivity contribution in [2.75, 3.05) is 18.2 Å². The predicted molar refractivity (Wildman–Crippen MR) is 58.4 cm³/mol. The van der Waals surface area contributed by atoms with Gasteiger partial charge in [0.1, 0.15) is 12.4 Å². The number of halogens is 1. The summed E-state index contributed by atoms with van der Waals surface area (Å²) in [5.41, 5.74) is 8.69. The zero-order chi connectivity index (χ0) is 9.97. The Morgan fingerprint density at radius 1 is 1.50 bits per heavy atom. The largest absolute Gasteiger partial charge is 0.490 e. The van der Waals surface area contributed by atoms with E-state index in [1.165, 1.54) is 0 Å². The Morgan fingerprint density at radius 2 is 2.36 bits per heavy atom. The quantitative estimate of drug-likeness (QED) is 0.611. The number of fused-ring (bicyclic) bond motifs is 1. The molecule has 3 nitrogen and oxygen atoms in total. The second kappa shape index (κ2) is 3.88. The fraction of sp³-hybridized carbons (Fsp3) is 0.300. The highest BCUT2D eigenvalue weighted by molar-refractivity contribution is 6.18. The van der Waals surface area contributed by atoms with Gasteiger partial charge < -0.3 is 10.5 Å². The van der Waals surface area contributed by atoms with E-state index in [1.54, 1.807) is 0 Å². The SMILES string of the molecule is Nc1cc2c(cc1OCCCl)CN=C2. The summed E-state index contributed by atoms with van der Waals surface area (Å²) < 4.78 is 5.40. The lowest BCUT2D eigenvalue weighted by Crippen LogP contribution is -2.02. The van der Waals surface area contributed by atoms with Crippen LogP contribution in [0, 0.1) is 0 Å². The number of alkyl halides is 1. The first kappa shape index (κ1) is 9.34. The number of benzene rings is 1. The highest BCUT2D eigenvalue weighted by Gasteiger charge is 2.10. The Bertz CT molecular complexity index is 377. The Hall–Kier alpha value is -1.22. The number of hydrogen-bond donors (Lipinski definition) is 1. The number of anilines is 1. The molecule has 2 rings (SSSR count). The maximum Gasteiger partial charge on any atom is 0.142 e. The maximum atomic E-state index is 5.80. The summed E-state index contributed by atoms with van der Waals surface area (Å²) in [5.74, 6) is 1.17. The fourth-order valence-electron chi connectivity index (χ4n) is 1.43. The van der Waals surface area contributed by atoms with Crippen LogP contribution in [0.1, 0.15) is 11.1 Å². The van der Waals surface area contributed by atoms with Gasteiger partial charge in [0.25, 0.3) is 0 Å². The molecule has 1 aliphatic heterocycles. The van der Waals surface area contributed by atoms with Gasteiger partial charge in [0.05, 0.1) is 18.1 Å². The standard InChI is InChI=1S/C10H11ClN2O/c11-1-2-14-10-4-8-6-13-5-7(8)3-9(10)12/h3-5H,1-2,6,12H2. The van der Waals surface area contributed by atoms with Crippen molar-refractivity contribution >= 4 is 23.5 Å². The zero-order valence-corrected chi connectivity index (χ0v) is 8.42. The summed E-state index contributed by atoms with van der Waals surface area (Å²) in [4.78, 5) is 4.15. The molecule has 0 saturated heterocycles. The van der Waals surface area contributed by atoms with Crippen molar-refractivity contribution in [3.63, 3.8) is 0 Å². The normalized spacial score (nSPS) is 12.9. The molecular formula is C10H11ClN2O. The van der Waals surface area contributed by atoms with Crippen molar-refractivity contribution in [3.05, 3.63) is 23.3 Å². The second-order valence-corrected chi connectivity index (χ2v) is 3.47. The van der Waals surface area contributed by atoms with Crippen LogP contribution in [-0.2, 0) is 6.54 Å². The van der Waals surface area contributed by atoms with Crippen LogP contribution in [-0.4, -0.2) is 18.7 Å². The number of hydrogen-bond acceptors (Lipinski definition) is 3. The average Bonchev–Trinajstić information content (AvgIpc) is 2.61. The van der Waals surface area contributed by atoms with Gasteiger partial charge in [-0.2, -0.15) is 0 Å². The molecule has 1 heterocycles. The minimum Gasteiger partial charge on any atom is -0.490 e. The molecule has 4 heteroatoms. The van der Waals surface area contributed by atoms with Crippen LogP contribution < -0.4 is 10.5 Å². The van der Waals surface area contributed by atoms with Crippen LogP contribution in [0.2, 0.25) is 0 Å². The van der Waals surface area contributed by atoms with Crippen molar-refractivity contribution < 1.29 is 4.74 Å². The van der Waals surface area contributed by atoms with Crippen LogP contribution in [0.5, 0.6) is 5.75 Å². The number of aliphatic imine (C=N–C) groups is 1. The van der Waals surface area contributed by atoms with Gasteiger partial charge in [-0.25, -0.2) is 0 Å². The maximum absolute atomic E-state index is 5.80.